The lowest BCUT2D eigenvalue weighted by Crippen LogP contribution is -2.55. The van der Waals surface area contributed by atoms with Crippen molar-refractivity contribution in [2.45, 2.75) is 58.7 Å². The molecule has 1 aliphatic carbocycles. The molecule has 0 saturated heterocycles. The highest BCUT2D eigenvalue weighted by molar-refractivity contribution is 5.98. The lowest BCUT2D eigenvalue weighted by Gasteiger charge is -2.28. The number of aldehydes is 1. The Bertz CT molecular complexity index is 942. The van der Waals surface area contributed by atoms with Gasteiger partial charge in [0.05, 0.1) is 6.04 Å². The molecule has 2 rings (SSSR count). The summed E-state index contributed by atoms with van der Waals surface area (Å²) in [5.74, 6) is -1.33. The highest BCUT2D eigenvalue weighted by Gasteiger charge is 2.29. The average Bonchev–Trinajstić information content (AvgIpc) is 3.05. The molecule has 3 atom stereocenters. The topological polar surface area (TPSA) is 104 Å². The first-order chi connectivity index (χ1) is 15.6. The Hall–Kier alpha value is -3.48. The van der Waals surface area contributed by atoms with Crippen molar-refractivity contribution in [2.75, 3.05) is 0 Å². The summed E-state index contributed by atoms with van der Waals surface area (Å²) in [5, 5.41) is 8.13. The van der Waals surface area contributed by atoms with E-state index in [0.29, 0.717) is 11.8 Å². The first-order valence-electron chi connectivity index (χ1n) is 11.1. The largest absolute Gasteiger partial charge is 0.344 e. The van der Waals surface area contributed by atoms with Crippen molar-refractivity contribution >= 4 is 24.0 Å². The number of hydrogen-bond acceptors (Lipinski definition) is 4. The van der Waals surface area contributed by atoms with Gasteiger partial charge in [-0.15, -0.1) is 0 Å². The van der Waals surface area contributed by atoms with Crippen LogP contribution in [0.15, 0.2) is 66.3 Å². The number of carbonyl (C=O) groups is 4. The SMILES string of the molecule is CC(NC(=O)C(CC1=CCC=CC=C1)NC(=O)c1ccccc1)C(=O)NC(C=O)C(C)(C)C. The number of nitrogens with one attached hydrogen (secondary N) is 3. The molecule has 33 heavy (non-hydrogen) atoms. The summed E-state index contributed by atoms with van der Waals surface area (Å²) >= 11 is 0. The molecule has 0 spiro atoms. The van der Waals surface area contributed by atoms with Gasteiger partial charge in [-0.3, -0.25) is 14.4 Å². The Morgan fingerprint density at radius 2 is 1.70 bits per heavy atom. The molecule has 7 heteroatoms. The molecule has 0 aliphatic heterocycles. The van der Waals surface area contributed by atoms with Gasteiger partial charge >= 0.3 is 0 Å². The Morgan fingerprint density at radius 1 is 1.00 bits per heavy atom. The van der Waals surface area contributed by atoms with Gasteiger partial charge in [0.15, 0.2) is 0 Å². The summed E-state index contributed by atoms with van der Waals surface area (Å²) in [7, 11) is 0. The molecule has 0 aromatic heterocycles. The zero-order valence-electron chi connectivity index (χ0n) is 19.6. The Morgan fingerprint density at radius 3 is 2.33 bits per heavy atom. The maximum Gasteiger partial charge on any atom is 0.251 e. The maximum absolute atomic E-state index is 13.1. The maximum atomic E-state index is 13.1. The van der Waals surface area contributed by atoms with E-state index >= 15 is 0 Å². The van der Waals surface area contributed by atoms with E-state index in [-0.39, 0.29) is 12.3 Å². The summed E-state index contributed by atoms with van der Waals surface area (Å²) in [5.41, 5.74) is 0.881. The molecule has 0 saturated carbocycles. The van der Waals surface area contributed by atoms with Crippen LogP contribution < -0.4 is 16.0 Å². The van der Waals surface area contributed by atoms with Crippen LogP contribution in [0.25, 0.3) is 0 Å². The van der Waals surface area contributed by atoms with E-state index in [1.807, 2.05) is 51.2 Å². The number of benzene rings is 1. The van der Waals surface area contributed by atoms with Gasteiger partial charge in [0.2, 0.25) is 11.8 Å². The van der Waals surface area contributed by atoms with Gasteiger partial charge in [-0.25, -0.2) is 0 Å². The van der Waals surface area contributed by atoms with Crippen molar-refractivity contribution in [2.24, 2.45) is 5.41 Å². The molecule has 3 unspecified atom stereocenters. The van der Waals surface area contributed by atoms with Gasteiger partial charge in [-0.2, -0.15) is 0 Å². The van der Waals surface area contributed by atoms with E-state index < -0.39 is 35.4 Å². The van der Waals surface area contributed by atoms with Crippen molar-refractivity contribution in [3.05, 3.63) is 71.8 Å². The summed E-state index contributed by atoms with van der Waals surface area (Å²) in [6.07, 6.45) is 11.4. The fourth-order valence-corrected chi connectivity index (χ4v) is 3.16. The van der Waals surface area contributed by atoms with Gasteiger partial charge in [-0.05, 0) is 36.5 Å². The first kappa shape index (κ1) is 25.8. The van der Waals surface area contributed by atoms with Crippen molar-refractivity contribution < 1.29 is 19.2 Å². The van der Waals surface area contributed by atoms with Gasteiger partial charge < -0.3 is 20.7 Å². The molecule has 176 valence electrons. The monoisotopic (exact) mass is 451 g/mol. The Kier molecular flexibility index (Phi) is 9.33. The van der Waals surface area contributed by atoms with Crippen LogP contribution in [0.1, 0.15) is 50.9 Å². The van der Waals surface area contributed by atoms with Gasteiger partial charge in [0.25, 0.3) is 5.91 Å². The van der Waals surface area contributed by atoms with E-state index in [9.17, 15) is 19.2 Å². The number of carbonyl (C=O) groups excluding carboxylic acids is 4. The summed E-state index contributed by atoms with van der Waals surface area (Å²) < 4.78 is 0. The number of rotatable bonds is 9. The van der Waals surface area contributed by atoms with Crippen LogP contribution in [0.2, 0.25) is 0 Å². The van der Waals surface area contributed by atoms with E-state index in [0.717, 1.165) is 12.0 Å². The van der Waals surface area contributed by atoms with Crippen LogP contribution in [-0.2, 0) is 14.4 Å². The predicted molar refractivity (Wildman–Crippen MR) is 128 cm³/mol. The standard InChI is InChI=1S/C26H33N3O4/c1-18(23(31)29-22(17-30)26(2,3)4)27-25(33)21(16-19-12-8-5-6-9-13-19)28-24(32)20-14-10-7-11-15-20/h5-8,10-15,17-18,21-22H,9,16H2,1-4H3,(H,27,33)(H,28,32)(H,29,31). The molecule has 0 heterocycles. The second-order valence-electron chi connectivity index (χ2n) is 9.12. The van der Waals surface area contributed by atoms with Crippen LogP contribution in [0.3, 0.4) is 0 Å². The van der Waals surface area contributed by atoms with Gasteiger partial charge in [-0.1, -0.05) is 69.4 Å². The van der Waals surface area contributed by atoms with E-state index in [2.05, 4.69) is 16.0 Å². The van der Waals surface area contributed by atoms with Crippen LogP contribution in [0.5, 0.6) is 0 Å². The molecule has 3 amide bonds. The van der Waals surface area contributed by atoms with E-state index in [1.54, 1.807) is 37.3 Å². The zero-order chi connectivity index (χ0) is 24.4. The van der Waals surface area contributed by atoms with Crippen LogP contribution >= 0.6 is 0 Å². The minimum atomic E-state index is -0.890. The number of amides is 3. The quantitative estimate of drug-likeness (QED) is 0.502. The highest BCUT2D eigenvalue weighted by atomic mass is 16.2. The summed E-state index contributed by atoms with van der Waals surface area (Å²) in [4.78, 5) is 49.8. The van der Waals surface area contributed by atoms with Crippen LogP contribution in [-0.4, -0.2) is 42.1 Å². The third-order valence-electron chi connectivity index (χ3n) is 5.29. The third kappa shape index (κ3) is 8.18. The second-order valence-corrected chi connectivity index (χ2v) is 9.12. The molecule has 1 aromatic carbocycles. The van der Waals surface area contributed by atoms with Crippen molar-refractivity contribution in [3.8, 4) is 0 Å². The number of allylic oxidation sites excluding steroid dienone is 5. The second kappa shape index (κ2) is 11.9. The van der Waals surface area contributed by atoms with Crippen molar-refractivity contribution in [1.82, 2.24) is 16.0 Å². The minimum absolute atomic E-state index is 0.274. The Labute approximate surface area is 195 Å². The van der Waals surface area contributed by atoms with Crippen LogP contribution in [0.4, 0.5) is 0 Å². The lowest BCUT2D eigenvalue weighted by molar-refractivity contribution is -0.131. The molecular weight excluding hydrogens is 418 g/mol. The molecule has 0 radical (unpaired) electrons. The van der Waals surface area contributed by atoms with Gasteiger partial charge in [0, 0.05) is 12.0 Å². The Balaban J connectivity index is 2.12. The molecule has 7 nitrogen and oxygen atoms in total. The lowest BCUT2D eigenvalue weighted by atomic mass is 9.87. The zero-order valence-corrected chi connectivity index (χ0v) is 19.6. The minimum Gasteiger partial charge on any atom is -0.344 e. The van der Waals surface area contributed by atoms with E-state index in [4.69, 9.17) is 0 Å². The average molecular weight is 452 g/mol. The fourth-order valence-electron chi connectivity index (χ4n) is 3.16. The van der Waals surface area contributed by atoms with Crippen molar-refractivity contribution in [3.63, 3.8) is 0 Å². The summed E-state index contributed by atoms with van der Waals surface area (Å²) in [6, 6.07) is 6.17. The van der Waals surface area contributed by atoms with Crippen molar-refractivity contribution in [1.29, 1.82) is 0 Å². The number of hydrogen-bond donors (Lipinski definition) is 3. The third-order valence-corrected chi connectivity index (χ3v) is 5.29. The smallest absolute Gasteiger partial charge is 0.251 e. The highest BCUT2D eigenvalue weighted by Crippen LogP contribution is 2.18. The summed E-state index contributed by atoms with van der Waals surface area (Å²) in [6.45, 7) is 7.07. The molecule has 0 fully saturated rings. The molecule has 1 aliphatic rings. The molecule has 0 bridgehead atoms. The van der Waals surface area contributed by atoms with Crippen LogP contribution in [0, 0.1) is 5.41 Å². The molecule has 3 N–H and O–H groups in total. The van der Waals surface area contributed by atoms with Gasteiger partial charge in [0.1, 0.15) is 18.4 Å². The predicted octanol–water partition coefficient (Wildman–Crippen LogP) is 2.85. The van der Waals surface area contributed by atoms with E-state index in [1.165, 1.54) is 0 Å². The first-order valence-corrected chi connectivity index (χ1v) is 11.1. The molecular formula is C26H33N3O4. The fraction of sp³-hybridized carbons (Fsp3) is 0.385. The molecule has 1 aromatic rings. The normalized spacial score (nSPS) is 15.9.